The van der Waals surface area contributed by atoms with Crippen LogP contribution in [0.3, 0.4) is 0 Å². The Morgan fingerprint density at radius 1 is 0.327 bits per heavy atom. The molecule has 8 rings (SSSR count). The van der Waals surface area contributed by atoms with Gasteiger partial charge in [0.2, 0.25) is 0 Å². The molecule has 0 atom stereocenters. The lowest BCUT2D eigenvalue weighted by Crippen LogP contribution is -2.44. The maximum Gasteiger partial charge on any atom is 0.0468 e. The van der Waals surface area contributed by atoms with Crippen LogP contribution in [0, 0.1) is 0 Å². The zero-order chi connectivity index (χ0) is 34.3. The molecule has 6 aromatic carbocycles. The molecule has 49 heavy (non-hydrogen) atoms. The van der Waals surface area contributed by atoms with E-state index in [4.69, 9.17) is 0 Å². The van der Waals surface area contributed by atoms with E-state index >= 15 is 0 Å². The third kappa shape index (κ3) is 4.44. The number of benzene rings is 6. The highest BCUT2D eigenvalue weighted by atomic mass is 15.1. The van der Waals surface area contributed by atoms with Crippen LogP contribution in [0.4, 0.5) is 17.1 Å². The smallest absolute Gasteiger partial charge is 0.0468 e. The molecule has 0 radical (unpaired) electrons. The highest BCUT2D eigenvalue weighted by Crippen LogP contribution is 2.58. The van der Waals surface area contributed by atoms with E-state index in [9.17, 15) is 0 Å². The maximum absolute atomic E-state index is 2.47. The Bertz CT molecular complexity index is 2220. The topological polar surface area (TPSA) is 3.24 Å². The highest BCUT2D eigenvalue weighted by molar-refractivity contribution is 5.89. The monoisotopic (exact) mass is 637 g/mol. The van der Waals surface area contributed by atoms with Gasteiger partial charge in [0.1, 0.15) is 0 Å². The molecule has 1 nitrogen and oxygen atoms in total. The molecule has 1 heteroatoms. The molecule has 2 aliphatic carbocycles. The van der Waals surface area contributed by atoms with Gasteiger partial charge in [-0.3, -0.25) is 0 Å². The van der Waals surface area contributed by atoms with E-state index in [-0.39, 0.29) is 21.7 Å². The second-order valence-corrected chi connectivity index (χ2v) is 16.3. The Kier molecular flexibility index (Phi) is 6.93. The first kappa shape index (κ1) is 31.4. The van der Waals surface area contributed by atoms with Crippen LogP contribution in [0.25, 0.3) is 33.4 Å². The van der Waals surface area contributed by atoms with Crippen molar-refractivity contribution < 1.29 is 0 Å². The van der Waals surface area contributed by atoms with Gasteiger partial charge in [0.05, 0.1) is 0 Å². The Balaban J connectivity index is 1.36. The molecule has 0 spiro atoms. The largest absolute Gasteiger partial charge is 0.310 e. The quantitative estimate of drug-likeness (QED) is 0.186. The molecule has 0 saturated heterocycles. The van der Waals surface area contributed by atoms with Gasteiger partial charge in [0.25, 0.3) is 0 Å². The molecule has 2 aliphatic rings. The Hall–Kier alpha value is -4.88. The third-order valence-corrected chi connectivity index (χ3v) is 13.0. The van der Waals surface area contributed by atoms with E-state index in [0.29, 0.717) is 0 Å². The van der Waals surface area contributed by atoms with E-state index in [0.717, 1.165) is 5.69 Å². The summed E-state index contributed by atoms with van der Waals surface area (Å²) in [7, 11) is 0. The lowest BCUT2D eigenvalue weighted by Gasteiger charge is -2.49. The molecule has 6 aromatic rings. The molecule has 0 aromatic heterocycles. The standard InChI is InChI=1S/C48H47N/c1-45(2)41-25-16-15-22-37(41)38-28-26-35(31-43(38)47(45,5)6)49(33-20-13-10-14-21-33)34-27-29-42-40(30-34)39-24-17-23-36(32-18-11-9-12-19-32)44(39)48(7,8)46(42,3)4/h9-31H,1-8H3. The van der Waals surface area contributed by atoms with Crippen molar-refractivity contribution in [3.05, 3.63) is 162 Å². The summed E-state index contributed by atoms with van der Waals surface area (Å²) in [6.45, 7) is 19.4. The number of hydrogen-bond acceptors (Lipinski definition) is 1. The number of fused-ring (bicyclic) bond motifs is 6. The minimum atomic E-state index is -0.0921. The van der Waals surface area contributed by atoms with Gasteiger partial charge in [0, 0.05) is 22.5 Å². The summed E-state index contributed by atoms with van der Waals surface area (Å²) in [5, 5.41) is 0. The second-order valence-electron chi connectivity index (χ2n) is 16.3. The summed E-state index contributed by atoms with van der Waals surface area (Å²) >= 11 is 0. The van der Waals surface area contributed by atoms with Gasteiger partial charge in [-0.2, -0.15) is 0 Å². The van der Waals surface area contributed by atoms with Crippen LogP contribution in [0.2, 0.25) is 0 Å². The van der Waals surface area contributed by atoms with E-state index in [2.05, 4.69) is 200 Å². The summed E-state index contributed by atoms with van der Waals surface area (Å²) < 4.78 is 0. The fourth-order valence-corrected chi connectivity index (χ4v) is 8.78. The number of rotatable bonds is 4. The van der Waals surface area contributed by atoms with Crippen LogP contribution in [0.5, 0.6) is 0 Å². The molecule has 0 fully saturated rings. The Morgan fingerprint density at radius 3 is 1.57 bits per heavy atom. The molecule has 244 valence electrons. The summed E-state index contributed by atoms with van der Waals surface area (Å²) in [5.41, 5.74) is 16.8. The van der Waals surface area contributed by atoms with Crippen molar-refractivity contribution in [1.29, 1.82) is 0 Å². The second kappa shape index (κ2) is 10.8. The van der Waals surface area contributed by atoms with Gasteiger partial charge >= 0.3 is 0 Å². The van der Waals surface area contributed by atoms with Crippen LogP contribution >= 0.6 is 0 Å². The average Bonchev–Trinajstić information content (AvgIpc) is 3.11. The summed E-state index contributed by atoms with van der Waals surface area (Å²) in [6.07, 6.45) is 0. The Labute approximate surface area is 293 Å². The first-order chi connectivity index (χ1) is 23.4. The molecule has 0 saturated carbocycles. The van der Waals surface area contributed by atoms with Crippen LogP contribution < -0.4 is 4.90 Å². The summed E-state index contributed by atoms with van der Waals surface area (Å²) in [5.74, 6) is 0. The van der Waals surface area contributed by atoms with Crippen molar-refractivity contribution in [2.45, 2.75) is 77.0 Å². The van der Waals surface area contributed by atoms with Crippen LogP contribution in [-0.2, 0) is 21.7 Å². The van der Waals surface area contributed by atoms with E-state index in [1.54, 1.807) is 0 Å². The predicted octanol–water partition coefficient (Wildman–Crippen LogP) is 13.3. The van der Waals surface area contributed by atoms with Crippen LogP contribution in [0.1, 0.15) is 77.6 Å². The molecule has 0 bridgehead atoms. The van der Waals surface area contributed by atoms with Gasteiger partial charge in [-0.15, -0.1) is 0 Å². The van der Waals surface area contributed by atoms with Crippen LogP contribution in [-0.4, -0.2) is 0 Å². The zero-order valence-corrected chi connectivity index (χ0v) is 30.2. The van der Waals surface area contributed by atoms with Gasteiger partial charge in [-0.25, -0.2) is 0 Å². The van der Waals surface area contributed by atoms with Gasteiger partial charge in [-0.1, -0.05) is 159 Å². The fourth-order valence-electron chi connectivity index (χ4n) is 8.78. The van der Waals surface area contributed by atoms with Crippen molar-refractivity contribution in [3.63, 3.8) is 0 Å². The predicted molar refractivity (Wildman–Crippen MR) is 210 cm³/mol. The average molecular weight is 638 g/mol. The molecule has 0 aliphatic heterocycles. The summed E-state index contributed by atoms with van der Waals surface area (Å²) in [4.78, 5) is 2.46. The molecular formula is C48H47N. The molecule has 0 unspecified atom stereocenters. The maximum atomic E-state index is 2.47. The van der Waals surface area contributed by atoms with Crippen LogP contribution in [0.15, 0.2) is 140 Å². The van der Waals surface area contributed by atoms with Crippen molar-refractivity contribution in [3.8, 4) is 33.4 Å². The van der Waals surface area contributed by atoms with Crippen molar-refractivity contribution >= 4 is 17.1 Å². The SMILES string of the molecule is CC1(C)c2ccccc2-c2ccc(N(c3ccccc3)c3ccc4c(c3)-c3cccc(-c5ccccc5)c3C(C)(C)C4(C)C)cc2C1(C)C. The number of hydrogen-bond donors (Lipinski definition) is 0. The molecule has 0 amide bonds. The van der Waals surface area contributed by atoms with Crippen molar-refractivity contribution in [2.75, 3.05) is 4.90 Å². The Morgan fingerprint density at radius 2 is 0.837 bits per heavy atom. The lowest BCUT2D eigenvalue weighted by molar-refractivity contribution is 0.299. The van der Waals surface area contributed by atoms with E-state index in [1.165, 1.54) is 67.0 Å². The number of para-hydroxylation sites is 1. The summed E-state index contributed by atoms with van der Waals surface area (Å²) in [6, 6.07) is 52.0. The number of anilines is 3. The minimum absolute atomic E-state index is 0.0306. The molecule has 0 N–H and O–H groups in total. The van der Waals surface area contributed by atoms with Gasteiger partial charge in [-0.05, 0) is 108 Å². The zero-order valence-electron chi connectivity index (χ0n) is 30.2. The first-order valence-electron chi connectivity index (χ1n) is 17.8. The molecule has 0 heterocycles. The van der Waals surface area contributed by atoms with Crippen molar-refractivity contribution in [2.24, 2.45) is 0 Å². The van der Waals surface area contributed by atoms with Gasteiger partial charge < -0.3 is 4.90 Å². The van der Waals surface area contributed by atoms with Crippen molar-refractivity contribution in [1.82, 2.24) is 0 Å². The lowest BCUT2D eigenvalue weighted by atomic mass is 9.54. The van der Waals surface area contributed by atoms with E-state index in [1.807, 2.05) is 0 Å². The van der Waals surface area contributed by atoms with Gasteiger partial charge in [0.15, 0.2) is 0 Å². The third-order valence-electron chi connectivity index (χ3n) is 13.0. The normalized spacial score (nSPS) is 17.2. The highest BCUT2D eigenvalue weighted by Gasteiger charge is 2.48. The first-order valence-corrected chi connectivity index (χ1v) is 17.8. The molecular weight excluding hydrogens is 591 g/mol. The number of nitrogens with zero attached hydrogens (tertiary/aromatic N) is 1. The fraction of sp³-hybridized carbons (Fsp3) is 0.250. The minimum Gasteiger partial charge on any atom is -0.310 e. The van der Waals surface area contributed by atoms with E-state index < -0.39 is 0 Å².